The van der Waals surface area contributed by atoms with E-state index in [2.05, 4.69) is 65.9 Å². The molecule has 394 valence electrons. The fourth-order valence-corrected chi connectivity index (χ4v) is 10.5. The Kier molecular flexibility index (Phi) is 11.8. The van der Waals surface area contributed by atoms with E-state index in [1.54, 1.807) is 55.4 Å². The van der Waals surface area contributed by atoms with Gasteiger partial charge in [-0.2, -0.15) is 31.6 Å². The van der Waals surface area contributed by atoms with Crippen LogP contribution in [0.2, 0.25) is 0 Å². The summed E-state index contributed by atoms with van der Waals surface area (Å²) in [5, 5.41) is 13.8. The summed E-state index contributed by atoms with van der Waals surface area (Å²) in [6.45, 7) is 14.1. The number of halogens is 6. The van der Waals surface area contributed by atoms with Crippen molar-refractivity contribution in [2.75, 3.05) is 0 Å². The molecule has 0 fully saturated rings. The molecule has 0 saturated carbocycles. The minimum Gasteiger partial charge on any atom is -0.307 e. The third-order valence-electron chi connectivity index (χ3n) is 13.7. The average Bonchev–Trinajstić information content (AvgIpc) is 4.14. The Bertz CT molecular complexity index is 4350. The SMILES string of the molecule is Cc1nc(C)nc(-c2ccc3c(c2)c2cc(-c4nc(C)nc(C)n4)ccc2n3-c2cc(C#N)c(-c3ccc(C(F)(F)F)cc3C(F)(F)F)cc2-n2c3ccc(-c4nc(C)nc(C)n4)cc3c3cc(-c4nc(C)nc(C)n4)ccc32)n1. The number of fused-ring (bicyclic) bond motifs is 6. The Morgan fingerprint density at radius 3 is 0.950 bits per heavy atom. The van der Waals surface area contributed by atoms with Crippen molar-refractivity contribution in [1.29, 1.82) is 5.26 Å². The first-order valence-corrected chi connectivity index (χ1v) is 24.9. The van der Waals surface area contributed by atoms with Crippen LogP contribution in [0.3, 0.4) is 0 Å². The fourth-order valence-electron chi connectivity index (χ4n) is 10.5. The van der Waals surface area contributed by atoms with E-state index in [0.29, 0.717) is 148 Å². The molecule has 0 bridgehead atoms. The van der Waals surface area contributed by atoms with Gasteiger partial charge in [0.05, 0.1) is 56.2 Å². The monoisotopic (exact) mass is 1070 g/mol. The van der Waals surface area contributed by atoms with Gasteiger partial charge in [0, 0.05) is 49.4 Å². The molecule has 0 saturated heterocycles. The topological polar surface area (TPSA) is 188 Å². The molecule has 15 nitrogen and oxygen atoms in total. The third kappa shape index (κ3) is 8.93. The molecule has 12 rings (SSSR count). The van der Waals surface area contributed by atoms with Gasteiger partial charge in [-0.1, -0.05) is 6.07 Å². The van der Waals surface area contributed by atoms with E-state index < -0.39 is 29.0 Å². The molecule has 0 aliphatic carbocycles. The lowest BCUT2D eigenvalue weighted by Gasteiger charge is -2.21. The molecule has 6 aromatic heterocycles. The van der Waals surface area contributed by atoms with E-state index in [0.717, 1.165) is 6.07 Å². The summed E-state index contributed by atoms with van der Waals surface area (Å²) in [6.07, 6.45) is -10.4. The predicted octanol–water partition coefficient (Wildman–Crippen LogP) is 13.3. The van der Waals surface area contributed by atoms with Crippen molar-refractivity contribution in [2.24, 2.45) is 0 Å². The number of alkyl halides is 6. The number of aromatic nitrogens is 14. The Morgan fingerprint density at radius 1 is 0.350 bits per heavy atom. The number of hydrogen-bond donors (Lipinski definition) is 0. The lowest BCUT2D eigenvalue weighted by atomic mass is 9.92. The van der Waals surface area contributed by atoms with Crippen molar-refractivity contribution in [2.45, 2.75) is 67.7 Å². The maximum Gasteiger partial charge on any atom is 0.417 e. The van der Waals surface area contributed by atoms with E-state index in [9.17, 15) is 18.4 Å². The summed E-state index contributed by atoms with van der Waals surface area (Å²) in [7, 11) is 0. The molecule has 0 amide bonds. The van der Waals surface area contributed by atoms with Crippen LogP contribution in [0.25, 0.3) is 112 Å². The Labute approximate surface area is 450 Å². The average molecular weight is 1070 g/mol. The smallest absolute Gasteiger partial charge is 0.307 e. The first kappa shape index (κ1) is 50.8. The Morgan fingerprint density at radius 2 is 0.662 bits per heavy atom. The predicted molar refractivity (Wildman–Crippen MR) is 288 cm³/mol. The summed E-state index contributed by atoms with van der Waals surface area (Å²) in [5.74, 6) is 5.66. The molecule has 12 aromatic rings. The van der Waals surface area contributed by atoms with Crippen LogP contribution >= 0.6 is 0 Å². The van der Waals surface area contributed by atoms with Gasteiger partial charge in [0.15, 0.2) is 23.3 Å². The molecule has 21 heteroatoms. The van der Waals surface area contributed by atoms with Crippen LogP contribution < -0.4 is 0 Å². The summed E-state index contributed by atoms with van der Waals surface area (Å²) in [4.78, 5) is 54.8. The second-order valence-electron chi connectivity index (χ2n) is 19.4. The summed E-state index contributed by atoms with van der Waals surface area (Å²) in [6, 6.07) is 29.0. The number of rotatable bonds is 7. The molecule has 6 heterocycles. The van der Waals surface area contributed by atoms with Crippen LogP contribution in [0.15, 0.2) is 103 Å². The Balaban J connectivity index is 1.23. The minimum atomic E-state index is -5.28. The van der Waals surface area contributed by atoms with Crippen LogP contribution in [0.5, 0.6) is 0 Å². The summed E-state index contributed by atoms with van der Waals surface area (Å²) in [5.41, 5.74) is 1.21. The van der Waals surface area contributed by atoms with Gasteiger partial charge >= 0.3 is 12.4 Å². The van der Waals surface area contributed by atoms with Crippen LogP contribution in [0, 0.1) is 66.7 Å². The van der Waals surface area contributed by atoms with Gasteiger partial charge in [-0.15, -0.1) is 0 Å². The highest BCUT2D eigenvalue weighted by Crippen LogP contribution is 2.47. The molecule has 6 aromatic carbocycles. The lowest BCUT2D eigenvalue weighted by Crippen LogP contribution is -2.13. The molecule has 0 spiro atoms. The van der Waals surface area contributed by atoms with Crippen molar-refractivity contribution >= 4 is 43.6 Å². The van der Waals surface area contributed by atoms with E-state index in [4.69, 9.17) is 0 Å². The van der Waals surface area contributed by atoms with Crippen molar-refractivity contribution in [3.63, 3.8) is 0 Å². The molecular weight excluding hydrogens is 1030 g/mol. The Hall–Kier alpha value is -9.97. The van der Waals surface area contributed by atoms with Gasteiger partial charge < -0.3 is 9.13 Å². The maximum absolute atomic E-state index is 15.3. The lowest BCUT2D eigenvalue weighted by molar-refractivity contribution is -0.142. The first-order chi connectivity index (χ1) is 38.1. The van der Waals surface area contributed by atoms with E-state index in [1.165, 1.54) is 12.1 Å². The standard InChI is InChI=1S/C59H41F6N15/c1-27-67-28(2)72-54(71-27)35-9-15-48-43(19-35)44-20-36(55-73-29(3)68-30(4)74-55)10-16-49(44)79(48)52-23-39(26-66)42(41-14-13-40(58(60,61)62)24-47(41)59(63,64)65)25-53(52)80-50-17-11-37(56-75-31(5)69-32(6)76-56)21-45(50)46-22-38(12-18-51(46)80)57-77-33(7)70-34(8)78-57/h9-25H,1-8H3. The normalized spacial score (nSPS) is 12.1. The number of aryl methyl sites for hydroxylation is 8. The second-order valence-corrected chi connectivity index (χ2v) is 19.4. The summed E-state index contributed by atoms with van der Waals surface area (Å²) >= 11 is 0. The van der Waals surface area contributed by atoms with Crippen LogP contribution in [-0.4, -0.2) is 68.9 Å². The van der Waals surface area contributed by atoms with Gasteiger partial charge in [-0.3, -0.25) is 0 Å². The molecule has 0 unspecified atom stereocenters. The maximum atomic E-state index is 15.3. The summed E-state index contributed by atoms with van der Waals surface area (Å²) < 4.78 is 92.5. The number of benzene rings is 6. The molecule has 80 heavy (non-hydrogen) atoms. The number of nitriles is 1. The zero-order valence-electron chi connectivity index (χ0n) is 43.8. The van der Waals surface area contributed by atoms with Crippen LogP contribution in [0.1, 0.15) is 63.3 Å². The van der Waals surface area contributed by atoms with E-state index in [-0.39, 0.29) is 22.9 Å². The number of nitrogens with zero attached hydrogens (tertiary/aromatic N) is 15. The van der Waals surface area contributed by atoms with Crippen molar-refractivity contribution in [3.05, 3.63) is 166 Å². The zero-order valence-corrected chi connectivity index (χ0v) is 43.8. The van der Waals surface area contributed by atoms with Crippen molar-refractivity contribution in [3.8, 4) is 74.1 Å². The molecule has 0 radical (unpaired) electrons. The molecule has 0 aliphatic heterocycles. The van der Waals surface area contributed by atoms with E-state index >= 15 is 13.2 Å². The van der Waals surface area contributed by atoms with Gasteiger partial charge in [-0.05, 0) is 158 Å². The molecule has 0 aliphatic rings. The van der Waals surface area contributed by atoms with E-state index in [1.807, 2.05) is 81.9 Å². The highest BCUT2D eigenvalue weighted by atomic mass is 19.4. The second kappa shape index (κ2) is 18.6. The number of hydrogen-bond acceptors (Lipinski definition) is 13. The van der Waals surface area contributed by atoms with Crippen LogP contribution in [-0.2, 0) is 12.4 Å². The van der Waals surface area contributed by atoms with Gasteiger partial charge in [0.25, 0.3) is 0 Å². The van der Waals surface area contributed by atoms with Crippen molar-refractivity contribution < 1.29 is 26.3 Å². The third-order valence-corrected chi connectivity index (χ3v) is 13.7. The minimum absolute atomic E-state index is 0.0793. The van der Waals surface area contributed by atoms with Crippen molar-refractivity contribution in [1.82, 2.24) is 68.9 Å². The quantitative estimate of drug-likeness (QED) is 0.137. The highest BCUT2D eigenvalue weighted by Gasteiger charge is 2.39. The van der Waals surface area contributed by atoms with Gasteiger partial charge in [0.1, 0.15) is 46.6 Å². The molecule has 0 atom stereocenters. The molecule has 0 N–H and O–H groups in total. The van der Waals surface area contributed by atoms with Crippen LogP contribution in [0.4, 0.5) is 26.3 Å². The molecular formula is C59H41F6N15. The fraction of sp³-hybridized carbons (Fsp3) is 0.169. The first-order valence-electron chi connectivity index (χ1n) is 24.9. The van der Waals surface area contributed by atoms with Gasteiger partial charge in [-0.25, -0.2) is 59.8 Å². The highest BCUT2D eigenvalue weighted by molar-refractivity contribution is 6.14. The van der Waals surface area contributed by atoms with Gasteiger partial charge in [0.2, 0.25) is 0 Å². The zero-order chi connectivity index (χ0) is 56.3. The largest absolute Gasteiger partial charge is 0.417 e.